The first kappa shape index (κ1) is 10.2. The number of benzene rings is 1. The molecule has 0 aliphatic heterocycles. The van der Waals surface area contributed by atoms with E-state index in [1.807, 2.05) is 0 Å². The van der Waals surface area contributed by atoms with Gasteiger partial charge in [-0.2, -0.15) is 8.78 Å². The molecule has 72 valence electrons. The first-order valence-electron chi connectivity index (χ1n) is 3.20. The second-order valence-corrected chi connectivity index (χ2v) is 3.04. The van der Waals surface area contributed by atoms with Gasteiger partial charge in [-0.05, 0) is 22.0 Å². The Kier molecular flexibility index (Phi) is 3.02. The van der Waals surface area contributed by atoms with Crippen LogP contribution in [0.4, 0.5) is 18.9 Å². The summed E-state index contributed by atoms with van der Waals surface area (Å²) >= 11 is 2.85. The number of nitrogens with two attached hydrogens (primary N) is 1. The number of ether oxygens (including phenoxy) is 1. The molecule has 0 bridgehead atoms. The Hall–Kier alpha value is -0.910. The largest absolute Gasteiger partial charge is 0.433 e. The summed E-state index contributed by atoms with van der Waals surface area (Å²) in [5.41, 5.74) is 5.24. The predicted molar refractivity (Wildman–Crippen MR) is 45.1 cm³/mol. The SMILES string of the molecule is Nc1cc(Br)c(F)cc1OC(F)F. The Bertz CT molecular complexity index is 319. The van der Waals surface area contributed by atoms with Gasteiger partial charge in [0.25, 0.3) is 0 Å². The molecule has 1 aromatic rings. The third-order valence-corrected chi connectivity index (χ3v) is 1.88. The van der Waals surface area contributed by atoms with E-state index < -0.39 is 12.4 Å². The van der Waals surface area contributed by atoms with E-state index in [1.54, 1.807) is 0 Å². The van der Waals surface area contributed by atoms with Crippen LogP contribution in [0.25, 0.3) is 0 Å². The molecule has 1 aromatic carbocycles. The number of hydrogen-bond donors (Lipinski definition) is 1. The summed E-state index contributed by atoms with van der Waals surface area (Å²) in [6.45, 7) is -3.01. The highest BCUT2D eigenvalue weighted by molar-refractivity contribution is 9.10. The maximum atomic E-state index is 12.8. The molecule has 0 radical (unpaired) electrons. The smallest absolute Gasteiger partial charge is 0.387 e. The zero-order chi connectivity index (χ0) is 10.0. The molecular formula is C7H5BrF3NO. The molecule has 0 saturated heterocycles. The van der Waals surface area contributed by atoms with Crippen LogP contribution < -0.4 is 10.5 Å². The molecule has 0 unspecified atom stereocenters. The number of hydrogen-bond acceptors (Lipinski definition) is 2. The maximum Gasteiger partial charge on any atom is 0.387 e. The highest BCUT2D eigenvalue weighted by Crippen LogP contribution is 2.29. The minimum absolute atomic E-state index is 0.0476. The Morgan fingerprint density at radius 3 is 2.54 bits per heavy atom. The highest BCUT2D eigenvalue weighted by atomic mass is 79.9. The second-order valence-electron chi connectivity index (χ2n) is 2.18. The fraction of sp³-hybridized carbons (Fsp3) is 0.143. The summed E-state index contributed by atoms with van der Waals surface area (Å²) in [6, 6.07) is 1.96. The normalized spacial score (nSPS) is 10.5. The number of anilines is 1. The Morgan fingerprint density at radius 2 is 2.00 bits per heavy atom. The van der Waals surface area contributed by atoms with Gasteiger partial charge in [0.15, 0.2) is 5.75 Å². The van der Waals surface area contributed by atoms with Gasteiger partial charge in [0.2, 0.25) is 0 Å². The molecular weight excluding hydrogens is 251 g/mol. The second kappa shape index (κ2) is 3.87. The Morgan fingerprint density at radius 1 is 1.38 bits per heavy atom. The van der Waals surface area contributed by atoms with E-state index >= 15 is 0 Å². The summed E-state index contributed by atoms with van der Waals surface area (Å²) < 4.78 is 40.3. The van der Waals surface area contributed by atoms with Gasteiger partial charge in [-0.15, -0.1) is 0 Å². The maximum absolute atomic E-state index is 12.8. The molecule has 0 aliphatic rings. The summed E-state index contributed by atoms with van der Waals surface area (Å²) in [7, 11) is 0. The van der Waals surface area contributed by atoms with Crippen molar-refractivity contribution in [2.75, 3.05) is 5.73 Å². The fourth-order valence-corrected chi connectivity index (χ4v) is 1.10. The third-order valence-electron chi connectivity index (χ3n) is 1.27. The van der Waals surface area contributed by atoms with E-state index in [0.717, 1.165) is 12.1 Å². The molecule has 0 aromatic heterocycles. The van der Waals surface area contributed by atoms with Crippen LogP contribution in [0.2, 0.25) is 0 Å². The molecule has 0 amide bonds. The van der Waals surface area contributed by atoms with Crippen LogP contribution in [-0.4, -0.2) is 6.61 Å². The van der Waals surface area contributed by atoms with Crippen LogP contribution >= 0.6 is 15.9 Å². The molecule has 0 heterocycles. The van der Waals surface area contributed by atoms with Crippen molar-refractivity contribution in [3.05, 3.63) is 22.4 Å². The van der Waals surface area contributed by atoms with Gasteiger partial charge in [0.05, 0.1) is 10.2 Å². The predicted octanol–water partition coefficient (Wildman–Crippen LogP) is 2.77. The van der Waals surface area contributed by atoms with Gasteiger partial charge < -0.3 is 10.5 Å². The lowest BCUT2D eigenvalue weighted by atomic mass is 10.3. The van der Waals surface area contributed by atoms with Gasteiger partial charge in [-0.3, -0.25) is 0 Å². The zero-order valence-corrected chi connectivity index (χ0v) is 7.82. The number of nitrogen functional groups attached to an aromatic ring is 1. The first-order chi connectivity index (χ1) is 6.00. The minimum atomic E-state index is -3.01. The minimum Gasteiger partial charge on any atom is -0.433 e. The van der Waals surface area contributed by atoms with Crippen LogP contribution in [0.1, 0.15) is 0 Å². The molecule has 0 spiro atoms. The number of rotatable bonds is 2. The molecule has 2 nitrogen and oxygen atoms in total. The molecule has 0 fully saturated rings. The lowest BCUT2D eigenvalue weighted by Gasteiger charge is -2.07. The molecule has 0 atom stereocenters. The highest BCUT2D eigenvalue weighted by Gasteiger charge is 2.11. The summed E-state index contributed by atoms with van der Waals surface area (Å²) in [5, 5.41) is 0. The van der Waals surface area contributed by atoms with Crippen LogP contribution in [0, 0.1) is 5.82 Å². The molecule has 0 aliphatic carbocycles. The lowest BCUT2D eigenvalue weighted by Crippen LogP contribution is -2.04. The van der Waals surface area contributed by atoms with Crippen molar-refractivity contribution in [2.24, 2.45) is 0 Å². The Balaban J connectivity index is 3.01. The standard InChI is InChI=1S/C7H5BrF3NO/c8-3-1-5(12)6(2-4(3)9)13-7(10)11/h1-2,7H,12H2. The van der Waals surface area contributed by atoms with Crippen molar-refractivity contribution < 1.29 is 17.9 Å². The van der Waals surface area contributed by atoms with Gasteiger partial charge >= 0.3 is 6.61 Å². The third kappa shape index (κ3) is 2.51. The van der Waals surface area contributed by atoms with Crippen molar-refractivity contribution in [1.82, 2.24) is 0 Å². The van der Waals surface area contributed by atoms with Crippen molar-refractivity contribution in [2.45, 2.75) is 6.61 Å². The quantitative estimate of drug-likeness (QED) is 0.825. The van der Waals surface area contributed by atoms with Crippen LogP contribution in [0.3, 0.4) is 0 Å². The van der Waals surface area contributed by atoms with Crippen molar-refractivity contribution in [3.8, 4) is 5.75 Å². The van der Waals surface area contributed by atoms with E-state index in [1.165, 1.54) is 0 Å². The van der Waals surface area contributed by atoms with Gasteiger partial charge in [-0.25, -0.2) is 4.39 Å². The van der Waals surface area contributed by atoms with Gasteiger partial charge in [0.1, 0.15) is 5.82 Å². The summed E-state index contributed by atoms with van der Waals surface area (Å²) in [5.74, 6) is -1.07. The zero-order valence-electron chi connectivity index (χ0n) is 6.23. The van der Waals surface area contributed by atoms with Crippen LogP contribution in [0.5, 0.6) is 5.75 Å². The van der Waals surface area contributed by atoms with Crippen LogP contribution in [0.15, 0.2) is 16.6 Å². The topological polar surface area (TPSA) is 35.2 Å². The summed E-state index contributed by atoms with van der Waals surface area (Å²) in [4.78, 5) is 0. The average molecular weight is 256 g/mol. The van der Waals surface area contributed by atoms with Crippen molar-refractivity contribution in [3.63, 3.8) is 0 Å². The fourth-order valence-electron chi connectivity index (χ4n) is 0.742. The number of halogens is 4. The first-order valence-corrected chi connectivity index (χ1v) is 3.99. The van der Waals surface area contributed by atoms with Crippen LogP contribution in [-0.2, 0) is 0 Å². The molecule has 0 saturated carbocycles. The summed E-state index contributed by atoms with van der Waals surface area (Å²) in [6.07, 6.45) is 0. The van der Waals surface area contributed by atoms with Gasteiger partial charge in [0, 0.05) is 6.07 Å². The molecule has 1 rings (SSSR count). The Labute approximate surface area is 80.6 Å². The van der Waals surface area contributed by atoms with E-state index in [-0.39, 0.29) is 15.9 Å². The molecule has 2 N–H and O–H groups in total. The van der Waals surface area contributed by atoms with Crippen molar-refractivity contribution >= 4 is 21.6 Å². The molecule has 6 heteroatoms. The van der Waals surface area contributed by atoms with E-state index in [4.69, 9.17) is 5.73 Å². The molecule has 13 heavy (non-hydrogen) atoms. The van der Waals surface area contributed by atoms with E-state index in [9.17, 15) is 13.2 Å². The van der Waals surface area contributed by atoms with Crippen molar-refractivity contribution in [1.29, 1.82) is 0 Å². The van der Waals surface area contributed by atoms with E-state index in [0.29, 0.717) is 0 Å². The van der Waals surface area contributed by atoms with E-state index in [2.05, 4.69) is 20.7 Å². The monoisotopic (exact) mass is 255 g/mol. The average Bonchev–Trinajstić information content (AvgIpc) is 1.99. The number of alkyl halides is 2. The lowest BCUT2D eigenvalue weighted by molar-refractivity contribution is -0.0494. The van der Waals surface area contributed by atoms with Gasteiger partial charge in [-0.1, -0.05) is 0 Å².